The van der Waals surface area contributed by atoms with Crippen molar-refractivity contribution in [2.75, 3.05) is 6.61 Å². The van der Waals surface area contributed by atoms with Gasteiger partial charge in [0.1, 0.15) is 0 Å². The molecule has 0 aliphatic heterocycles. The van der Waals surface area contributed by atoms with Gasteiger partial charge < -0.3 is 5.11 Å². The minimum absolute atomic E-state index is 0.0913. The Balaban J connectivity index is 3.37. The molecule has 78 valence electrons. The molecule has 0 aromatic heterocycles. The van der Waals surface area contributed by atoms with Crippen molar-refractivity contribution in [1.29, 1.82) is 0 Å². The van der Waals surface area contributed by atoms with Crippen LogP contribution >= 0.6 is 0 Å². The van der Waals surface area contributed by atoms with Crippen LogP contribution in [0.2, 0.25) is 0 Å². The molecular weight excluding hydrogens is 202 g/mol. The number of sulfonamides is 1. The van der Waals surface area contributed by atoms with Gasteiger partial charge in [0, 0.05) is 6.61 Å². The zero-order valence-corrected chi connectivity index (χ0v) is 8.71. The second-order valence-corrected chi connectivity index (χ2v) is 4.58. The summed E-state index contributed by atoms with van der Waals surface area (Å²) >= 11 is 0. The van der Waals surface area contributed by atoms with E-state index in [1.807, 2.05) is 0 Å². The SMILES string of the molecule is Cc1cccc(CCO)c1S(N)(=O)=O. The molecule has 14 heavy (non-hydrogen) atoms. The van der Waals surface area contributed by atoms with Crippen LogP contribution < -0.4 is 5.14 Å². The van der Waals surface area contributed by atoms with Gasteiger partial charge in [0.25, 0.3) is 0 Å². The molecule has 4 nitrogen and oxygen atoms in total. The number of rotatable bonds is 3. The summed E-state index contributed by atoms with van der Waals surface area (Å²) in [6.07, 6.45) is 0.299. The summed E-state index contributed by atoms with van der Waals surface area (Å²) in [4.78, 5) is 0.133. The first-order valence-corrected chi connectivity index (χ1v) is 5.73. The third-order valence-corrected chi connectivity index (χ3v) is 3.11. The van der Waals surface area contributed by atoms with Gasteiger partial charge in [-0.1, -0.05) is 18.2 Å². The van der Waals surface area contributed by atoms with Crippen molar-refractivity contribution in [3.63, 3.8) is 0 Å². The minimum atomic E-state index is -3.70. The Bertz CT molecular complexity index is 426. The summed E-state index contributed by atoms with van der Waals surface area (Å²) in [6.45, 7) is 1.59. The van der Waals surface area contributed by atoms with E-state index in [0.29, 0.717) is 17.5 Å². The van der Waals surface area contributed by atoms with Crippen LogP contribution in [0.15, 0.2) is 23.1 Å². The molecule has 0 saturated heterocycles. The number of aryl methyl sites for hydroxylation is 1. The molecule has 0 atom stereocenters. The van der Waals surface area contributed by atoms with E-state index in [1.165, 1.54) is 0 Å². The molecule has 0 saturated carbocycles. The van der Waals surface area contributed by atoms with Crippen LogP contribution in [0.4, 0.5) is 0 Å². The summed E-state index contributed by atoms with van der Waals surface area (Å²) in [6, 6.07) is 5.08. The van der Waals surface area contributed by atoms with Crippen molar-refractivity contribution in [3.8, 4) is 0 Å². The summed E-state index contributed by atoms with van der Waals surface area (Å²) in [5.41, 5.74) is 1.17. The van der Waals surface area contributed by atoms with Crippen LogP contribution in [0, 0.1) is 6.92 Å². The van der Waals surface area contributed by atoms with Gasteiger partial charge in [-0.25, -0.2) is 13.6 Å². The van der Waals surface area contributed by atoms with Crippen molar-refractivity contribution in [2.45, 2.75) is 18.2 Å². The number of hydrogen-bond acceptors (Lipinski definition) is 3. The molecule has 1 rings (SSSR count). The second kappa shape index (κ2) is 4.08. The molecule has 0 bridgehead atoms. The highest BCUT2D eigenvalue weighted by Gasteiger charge is 2.15. The highest BCUT2D eigenvalue weighted by molar-refractivity contribution is 7.89. The average Bonchev–Trinajstić information content (AvgIpc) is 2.02. The second-order valence-electron chi connectivity index (χ2n) is 3.08. The highest BCUT2D eigenvalue weighted by atomic mass is 32.2. The molecule has 5 heteroatoms. The van der Waals surface area contributed by atoms with Gasteiger partial charge in [-0.05, 0) is 24.5 Å². The van der Waals surface area contributed by atoms with Crippen molar-refractivity contribution in [3.05, 3.63) is 29.3 Å². The van der Waals surface area contributed by atoms with Gasteiger partial charge in [0.15, 0.2) is 0 Å². The minimum Gasteiger partial charge on any atom is -0.396 e. The molecule has 0 amide bonds. The van der Waals surface area contributed by atoms with Gasteiger partial charge in [-0.3, -0.25) is 0 Å². The quantitative estimate of drug-likeness (QED) is 0.754. The van der Waals surface area contributed by atoms with Crippen molar-refractivity contribution < 1.29 is 13.5 Å². The number of nitrogens with two attached hydrogens (primary N) is 1. The largest absolute Gasteiger partial charge is 0.396 e. The lowest BCUT2D eigenvalue weighted by Crippen LogP contribution is -2.16. The Hall–Kier alpha value is -0.910. The van der Waals surface area contributed by atoms with E-state index >= 15 is 0 Å². The highest BCUT2D eigenvalue weighted by Crippen LogP contribution is 2.18. The van der Waals surface area contributed by atoms with Crippen LogP contribution in [0.1, 0.15) is 11.1 Å². The average molecular weight is 215 g/mol. The standard InChI is InChI=1S/C9H13NO3S/c1-7-3-2-4-8(5-6-11)9(7)14(10,12)13/h2-4,11H,5-6H2,1H3,(H2,10,12,13). The van der Waals surface area contributed by atoms with E-state index in [9.17, 15) is 8.42 Å². The smallest absolute Gasteiger partial charge is 0.238 e. The van der Waals surface area contributed by atoms with Crippen LogP contribution in [0.5, 0.6) is 0 Å². The molecule has 1 aromatic rings. The lowest BCUT2D eigenvalue weighted by atomic mass is 10.1. The van der Waals surface area contributed by atoms with E-state index in [1.54, 1.807) is 25.1 Å². The number of primary sulfonamides is 1. The summed E-state index contributed by atoms with van der Waals surface area (Å²) in [7, 11) is -3.70. The third-order valence-electron chi connectivity index (χ3n) is 1.96. The fourth-order valence-corrected chi connectivity index (χ4v) is 2.49. The van der Waals surface area contributed by atoms with E-state index in [-0.39, 0.29) is 11.5 Å². The monoisotopic (exact) mass is 215 g/mol. The fourth-order valence-electron chi connectivity index (χ4n) is 1.44. The van der Waals surface area contributed by atoms with E-state index in [2.05, 4.69) is 0 Å². The van der Waals surface area contributed by atoms with Gasteiger partial charge in [-0.2, -0.15) is 0 Å². The van der Waals surface area contributed by atoms with Gasteiger partial charge in [0.05, 0.1) is 4.90 Å². The molecular formula is C9H13NO3S. The number of aliphatic hydroxyl groups is 1. The maximum Gasteiger partial charge on any atom is 0.238 e. The topological polar surface area (TPSA) is 80.4 Å². The van der Waals surface area contributed by atoms with Crippen LogP contribution in [-0.2, 0) is 16.4 Å². The zero-order chi connectivity index (χ0) is 10.8. The lowest BCUT2D eigenvalue weighted by Gasteiger charge is -2.08. The summed E-state index contributed by atoms with van der Waals surface area (Å²) in [5.74, 6) is 0. The molecule has 0 heterocycles. The Kier molecular flexibility index (Phi) is 3.25. The molecule has 1 aromatic carbocycles. The first-order valence-electron chi connectivity index (χ1n) is 4.19. The molecule has 0 spiro atoms. The third kappa shape index (κ3) is 2.31. The van der Waals surface area contributed by atoms with Gasteiger partial charge >= 0.3 is 0 Å². The van der Waals surface area contributed by atoms with Crippen LogP contribution in [0.3, 0.4) is 0 Å². The summed E-state index contributed by atoms with van der Waals surface area (Å²) in [5, 5.41) is 13.8. The number of aliphatic hydroxyl groups excluding tert-OH is 1. The summed E-state index contributed by atoms with van der Waals surface area (Å²) < 4.78 is 22.5. The molecule has 0 fully saturated rings. The molecule has 3 N–H and O–H groups in total. The Morgan fingerprint density at radius 2 is 2.07 bits per heavy atom. The maximum absolute atomic E-state index is 11.2. The first-order chi connectivity index (χ1) is 6.46. The van der Waals surface area contributed by atoms with Crippen LogP contribution in [-0.4, -0.2) is 20.1 Å². The Labute approximate surface area is 83.4 Å². The van der Waals surface area contributed by atoms with Crippen molar-refractivity contribution >= 4 is 10.0 Å². The predicted octanol–water partition coefficient (Wildman–Crippen LogP) is 0.177. The van der Waals surface area contributed by atoms with Crippen LogP contribution in [0.25, 0.3) is 0 Å². The molecule has 0 radical (unpaired) electrons. The predicted molar refractivity (Wildman–Crippen MR) is 53.3 cm³/mol. The van der Waals surface area contributed by atoms with Crippen molar-refractivity contribution in [1.82, 2.24) is 0 Å². The lowest BCUT2D eigenvalue weighted by molar-refractivity contribution is 0.298. The molecule has 0 aliphatic carbocycles. The first kappa shape index (κ1) is 11.2. The maximum atomic E-state index is 11.2. The fraction of sp³-hybridized carbons (Fsp3) is 0.333. The Morgan fingerprint density at radius 1 is 1.43 bits per heavy atom. The molecule has 0 unspecified atom stereocenters. The van der Waals surface area contributed by atoms with Gasteiger partial charge in [0.2, 0.25) is 10.0 Å². The number of hydrogen-bond donors (Lipinski definition) is 2. The van der Waals surface area contributed by atoms with Crippen molar-refractivity contribution in [2.24, 2.45) is 5.14 Å². The van der Waals surface area contributed by atoms with E-state index < -0.39 is 10.0 Å². The molecule has 0 aliphatic rings. The van der Waals surface area contributed by atoms with E-state index in [4.69, 9.17) is 10.2 Å². The van der Waals surface area contributed by atoms with E-state index in [0.717, 1.165) is 0 Å². The zero-order valence-electron chi connectivity index (χ0n) is 7.90. The normalized spacial score (nSPS) is 11.6. The Morgan fingerprint density at radius 3 is 2.57 bits per heavy atom. The van der Waals surface area contributed by atoms with Gasteiger partial charge in [-0.15, -0.1) is 0 Å². The number of benzene rings is 1.